The third-order valence-electron chi connectivity index (χ3n) is 3.30. The van der Waals surface area contributed by atoms with E-state index in [1.807, 2.05) is 32.2 Å². The summed E-state index contributed by atoms with van der Waals surface area (Å²) in [5.74, 6) is 0.702. The standard InChI is InChI=1S/C17H26N4O.ClH/c1-12(2)22-16-13(7-6-8-19-16)9-18-10-14-11-20-21-15(14)17(3,4)5;/h6-8,11-12,18H,9-10H2,1-5H3,(H,20,21);1H. The lowest BCUT2D eigenvalue weighted by atomic mass is 9.89. The molecule has 2 aromatic heterocycles. The van der Waals surface area contributed by atoms with Crippen molar-refractivity contribution in [2.45, 2.75) is 59.2 Å². The molecule has 0 bridgehead atoms. The monoisotopic (exact) mass is 338 g/mol. The van der Waals surface area contributed by atoms with Crippen molar-refractivity contribution in [3.05, 3.63) is 41.3 Å². The second kappa shape index (κ2) is 8.31. The minimum Gasteiger partial charge on any atom is -0.475 e. The number of pyridine rings is 1. The first-order chi connectivity index (χ1) is 10.4. The Morgan fingerprint density at radius 3 is 2.57 bits per heavy atom. The van der Waals surface area contributed by atoms with Crippen LogP contribution in [-0.2, 0) is 18.5 Å². The summed E-state index contributed by atoms with van der Waals surface area (Å²) in [6, 6.07) is 3.97. The van der Waals surface area contributed by atoms with Crippen molar-refractivity contribution in [3.63, 3.8) is 0 Å². The summed E-state index contributed by atoms with van der Waals surface area (Å²) in [6.45, 7) is 12.0. The van der Waals surface area contributed by atoms with E-state index in [-0.39, 0.29) is 23.9 Å². The Bertz CT molecular complexity index is 605. The first-order valence-electron chi connectivity index (χ1n) is 7.72. The fourth-order valence-electron chi connectivity index (χ4n) is 2.31. The molecule has 0 aliphatic rings. The fourth-order valence-corrected chi connectivity index (χ4v) is 2.31. The minimum absolute atomic E-state index is 0. The molecule has 0 aromatic carbocycles. The van der Waals surface area contributed by atoms with Crippen LogP contribution >= 0.6 is 12.4 Å². The summed E-state index contributed by atoms with van der Waals surface area (Å²) in [6.07, 6.45) is 3.77. The Kier molecular flexibility index (Phi) is 7.03. The third kappa shape index (κ3) is 5.52. The van der Waals surface area contributed by atoms with Crippen molar-refractivity contribution in [2.75, 3.05) is 0 Å². The average Bonchev–Trinajstić information content (AvgIpc) is 2.88. The Morgan fingerprint density at radius 2 is 1.91 bits per heavy atom. The lowest BCUT2D eigenvalue weighted by Crippen LogP contribution is -2.19. The number of aromatic amines is 1. The number of hydrogen-bond donors (Lipinski definition) is 2. The van der Waals surface area contributed by atoms with Gasteiger partial charge < -0.3 is 10.1 Å². The summed E-state index contributed by atoms with van der Waals surface area (Å²) in [7, 11) is 0. The van der Waals surface area contributed by atoms with Crippen molar-refractivity contribution in [3.8, 4) is 5.88 Å². The molecule has 23 heavy (non-hydrogen) atoms. The van der Waals surface area contributed by atoms with Gasteiger partial charge in [0.15, 0.2) is 0 Å². The normalized spacial score (nSPS) is 11.4. The number of rotatable bonds is 6. The van der Waals surface area contributed by atoms with Crippen LogP contribution in [0, 0.1) is 0 Å². The van der Waals surface area contributed by atoms with Gasteiger partial charge in [-0.3, -0.25) is 5.10 Å². The molecule has 6 heteroatoms. The molecule has 128 valence electrons. The minimum atomic E-state index is 0. The number of halogens is 1. The number of aromatic nitrogens is 3. The molecule has 2 rings (SSSR count). The molecule has 5 nitrogen and oxygen atoms in total. The van der Waals surface area contributed by atoms with Gasteiger partial charge in [0, 0.05) is 41.5 Å². The van der Waals surface area contributed by atoms with E-state index in [9.17, 15) is 0 Å². The molecule has 2 aromatic rings. The first-order valence-corrected chi connectivity index (χ1v) is 7.72. The molecule has 2 heterocycles. The van der Waals surface area contributed by atoms with Gasteiger partial charge in [-0.05, 0) is 19.9 Å². The highest BCUT2D eigenvalue weighted by atomic mass is 35.5. The summed E-state index contributed by atoms with van der Waals surface area (Å²) >= 11 is 0. The van der Waals surface area contributed by atoms with Gasteiger partial charge in [0.2, 0.25) is 5.88 Å². The highest BCUT2D eigenvalue weighted by Gasteiger charge is 2.19. The van der Waals surface area contributed by atoms with E-state index >= 15 is 0 Å². The number of nitrogens with zero attached hydrogens (tertiary/aromatic N) is 2. The fraction of sp³-hybridized carbons (Fsp3) is 0.529. The zero-order valence-corrected chi connectivity index (χ0v) is 15.3. The molecule has 0 saturated heterocycles. The second-order valence-electron chi connectivity index (χ2n) is 6.76. The largest absolute Gasteiger partial charge is 0.475 e. The maximum Gasteiger partial charge on any atom is 0.218 e. The van der Waals surface area contributed by atoms with E-state index < -0.39 is 0 Å². The van der Waals surface area contributed by atoms with Crippen LogP contribution in [0.5, 0.6) is 5.88 Å². The summed E-state index contributed by atoms with van der Waals surface area (Å²) < 4.78 is 5.74. The van der Waals surface area contributed by atoms with Crippen LogP contribution in [0.25, 0.3) is 0 Å². The van der Waals surface area contributed by atoms with Crippen molar-refractivity contribution in [2.24, 2.45) is 0 Å². The smallest absolute Gasteiger partial charge is 0.218 e. The highest BCUT2D eigenvalue weighted by molar-refractivity contribution is 5.85. The van der Waals surface area contributed by atoms with E-state index in [4.69, 9.17) is 4.74 Å². The predicted octanol–water partition coefficient (Wildman–Crippen LogP) is 3.60. The molecule has 0 fully saturated rings. The van der Waals surface area contributed by atoms with Gasteiger partial charge >= 0.3 is 0 Å². The van der Waals surface area contributed by atoms with Gasteiger partial charge in [0.25, 0.3) is 0 Å². The van der Waals surface area contributed by atoms with Crippen molar-refractivity contribution >= 4 is 12.4 Å². The van der Waals surface area contributed by atoms with Crippen LogP contribution in [-0.4, -0.2) is 21.3 Å². The zero-order chi connectivity index (χ0) is 16.2. The van der Waals surface area contributed by atoms with Gasteiger partial charge in [-0.2, -0.15) is 5.10 Å². The van der Waals surface area contributed by atoms with Crippen LogP contribution < -0.4 is 10.1 Å². The van der Waals surface area contributed by atoms with Crippen LogP contribution in [0.2, 0.25) is 0 Å². The van der Waals surface area contributed by atoms with E-state index in [2.05, 4.69) is 41.3 Å². The third-order valence-corrected chi connectivity index (χ3v) is 3.30. The van der Waals surface area contributed by atoms with E-state index in [1.165, 1.54) is 11.3 Å². The summed E-state index contributed by atoms with van der Waals surface area (Å²) in [4.78, 5) is 4.31. The predicted molar refractivity (Wildman–Crippen MR) is 95.1 cm³/mol. The molecule has 0 aliphatic heterocycles. The van der Waals surface area contributed by atoms with Crippen molar-refractivity contribution in [1.29, 1.82) is 0 Å². The molecule has 0 atom stereocenters. The SMILES string of the molecule is CC(C)Oc1ncccc1CNCc1cn[nH]c1C(C)(C)C.Cl. The van der Waals surface area contributed by atoms with Crippen LogP contribution in [0.1, 0.15) is 51.4 Å². The molecule has 0 aliphatic carbocycles. The van der Waals surface area contributed by atoms with Crippen LogP contribution in [0.3, 0.4) is 0 Å². The second-order valence-corrected chi connectivity index (χ2v) is 6.76. The molecule has 0 saturated carbocycles. The quantitative estimate of drug-likeness (QED) is 0.844. The summed E-state index contributed by atoms with van der Waals surface area (Å²) in [5, 5.41) is 10.7. The number of hydrogen-bond acceptors (Lipinski definition) is 4. The molecule has 0 radical (unpaired) electrons. The number of H-pyrrole nitrogens is 1. The van der Waals surface area contributed by atoms with Gasteiger partial charge in [-0.15, -0.1) is 12.4 Å². The van der Waals surface area contributed by atoms with E-state index in [0.717, 1.165) is 12.1 Å². The molecular weight excluding hydrogens is 312 g/mol. The van der Waals surface area contributed by atoms with Gasteiger partial charge in [-0.25, -0.2) is 4.98 Å². The van der Waals surface area contributed by atoms with E-state index in [1.54, 1.807) is 6.20 Å². The van der Waals surface area contributed by atoms with Gasteiger partial charge in [0.05, 0.1) is 12.3 Å². The summed E-state index contributed by atoms with van der Waals surface area (Å²) in [5.41, 5.74) is 3.50. The first kappa shape index (κ1) is 19.5. The van der Waals surface area contributed by atoms with Crippen LogP contribution in [0.4, 0.5) is 0 Å². The average molecular weight is 339 g/mol. The van der Waals surface area contributed by atoms with Crippen molar-refractivity contribution in [1.82, 2.24) is 20.5 Å². The van der Waals surface area contributed by atoms with E-state index in [0.29, 0.717) is 12.4 Å². The molecule has 2 N–H and O–H groups in total. The van der Waals surface area contributed by atoms with Crippen LogP contribution in [0.15, 0.2) is 24.5 Å². The maximum absolute atomic E-state index is 5.74. The Balaban J connectivity index is 0.00000264. The molecule has 0 unspecified atom stereocenters. The van der Waals surface area contributed by atoms with Gasteiger partial charge in [0.1, 0.15) is 0 Å². The Hall–Kier alpha value is -1.59. The maximum atomic E-state index is 5.74. The zero-order valence-electron chi connectivity index (χ0n) is 14.5. The molecule has 0 spiro atoms. The number of nitrogens with one attached hydrogen (secondary N) is 2. The Labute approximate surface area is 144 Å². The lowest BCUT2D eigenvalue weighted by molar-refractivity contribution is 0.229. The number of ether oxygens (including phenoxy) is 1. The lowest BCUT2D eigenvalue weighted by Gasteiger charge is -2.18. The Morgan fingerprint density at radius 1 is 1.22 bits per heavy atom. The highest BCUT2D eigenvalue weighted by Crippen LogP contribution is 2.23. The van der Waals surface area contributed by atoms with Gasteiger partial charge in [-0.1, -0.05) is 26.8 Å². The molecular formula is C17H27ClN4O. The molecule has 0 amide bonds. The van der Waals surface area contributed by atoms with Crippen molar-refractivity contribution < 1.29 is 4.74 Å². The topological polar surface area (TPSA) is 62.8 Å².